The number of aromatic hydroxyl groups is 1. The van der Waals surface area contributed by atoms with E-state index >= 15 is 0 Å². The Morgan fingerprint density at radius 3 is 2.42 bits per heavy atom. The minimum Gasteiger partial charge on any atom is -0.507 e. The van der Waals surface area contributed by atoms with Crippen LogP contribution >= 0.6 is 15.9 Å². The lowest BCUT2D eigenvalue weighted by Gasteiger charge is -2.13. The van der Waals surface area contributed by atoms with Gasteiger partial charge in [-0.1, -0.05) is 12.1 Å². The van der Waals surface area contributed by atoms with Gasteiger partial charge in [-0.15, -0.1) is 0 Å². The summed E-state index contributed by atoms with van der Waals surface area (Å²) < 4.78 is 0.654. The Kier molecular flexibility index (Phi) is 6.52. The fourth-order valence-corrected chi connectivity index (χ4v) is 2.78. The highest BCUT2D eigenvalue weighted by Gasteiger charge is 2.17. The van der Waals surface area contributed by atoms with Gasteiger partial charge in [-0.25, -0.2) is 5.43 Å². The van der Waals surface area contributed by atoms with Crippen molar-refractivity contribution in [3.05, 3.63) is 63.1 Å². The van der Waals surface area contributed by atoms with Gasteiger partial charge in [-0.3, -0.25) is 9.59 Å². The topological polar surface area (TPSA) is 90.8 Å². The Labute approximate surface area is 160 Å². The number of rotatable bonds is 5. The van der Waals surface area contributed by atoms with Crippen LogP contribution < -0.4 is 10.7 Å². The molecule has 0 aliphatic heterocycles. The summed E-state index contributed by atoms with van der Waals surface area (Å²) in [5.41, 5.74) is 5.06. The van der Waals surface area contributed by atoms with Crippen LogP contribution in [-0.4, -0.2) is 29.2 Å². The fraction of sp³-hybridized carbons (Fsp3) is 0.211. The van der Waals surface area contributed by atoms with Gasteiger partial charge in [0.05, 0.1) is 11.8 Å². The molecule has 0 saturated carbocycles. The summed E-state index contributed by atoms with van der Waals surface area (Å²) in [5, 5.41) is 16.3. The molecule has 0 saturated heterocycles. The van der Waals surface area contributed by atoms with Gasteiger partial charge in [0, 0.05) is 4.47 Å². The van der Waals surface area contributed by atoms with E-state index in [0.717, 1.165) is 16.7 Å². The number of hydrogen-bond donors (Lipinski definition) is 3. The van der Waals surface area contributed by atoms with Crippen LogP contribution in [-0.2, 0) is 4.79 Å². The molecular weight excluding hydrogens is 398 g/mol. The third kappa shape index (κ3) is 4.92. The predicted molar refractivity (Wildman–Crippen MR) is 104 cm³/mol. The van der Waals surface area contributed by atoms with Gasteiger partial charge in [0.1, 0.15) is 11.8 Å². The van der Waals surface area contributed by atoms with E-state index < -0.39 is 11.9 Å². The van der Waals surface area contributed by atoms with E-state index in [1.165, 1.54) is 6.21 Å². The molecule has 0 radical (unpaired) electrons. The Bertz CT molecular complexity index is 842. The minimum atomic E-state index is -0.755. The van der Waals surface area contributed by atoms with Crippen LogP contribution in [0.15, 0.2) is 46.0 Å². The molecule has 3 N–H and O–H groups in total. The van der Waals surface area contributed by atoms with Crippen molar-refractivity contribution >= 4 is 34.0 Å². The summed E-state index contributed by atoms with van der Waals surface area (Å²) in [6, 6.07) is 9.74. The number of phenolic OH excluding ortho intramolecular Hbond substituents is 1. The number of carbonyl (C=O) groups excluding carboxylic acids is 2. The van der Waals surface area contributed by atoms with Gasteiger partial charge in [0.2, 0.25) is 0 Å². The molecule has 7 heteroatoms. The number of carbonyl (C=O) groups is 2. The van der Waals surface area contributed by atoms with Crippen molar-refractivity contribution < 1.29 is 14.7 Å². The van der Waals surface area contributed by atoms with Crippen molar-refractivity contribution in [2.45, 2.75) is 26.8 Å². The highest BCUT2D eigenvalue weighted by molar-refractivity contribution is 9.10. The summed E-state index contributed by atoms with van der Waals surface area (Å²) in [4.78, 5) is 24.3. The molecule has 0 heterocycles. The number of nitrogens with zero attached hydrogens (tertiary/aromatic N) is 1. The summed E-state index contributed by atoms with van der Waals surface area (Å²) in [6.07, 6.45) is 1.49. The molecule has 2 aromatic carbocycles. The molecule has 2 amide bonds. The summed E-state index contributed by atoms with van der Waals surface area (Å²) in [6.45, 7) is 5.16. The van der Waals surface area contributed by atoms with Gasteiger partial charge in [-0.05, 0) is 77.7 Å². The average Bonchev–Trinajstić information content (AvgIpc) is 2.59. The van der Waals surface area contributed by atoms with Gasteiger partial charge in [0.25, 0.3) is 11.8 Å². The van der Waals surface area contributed by atoms with Gasteiger partial charge < -0.3 is 10.4 Å². The lowest BCUT2D eigenvalue weighted by atomic mass is 10.1. The van der Waals surface area contributed by atoms with Gasteiger partial charge in [0.15, 0.2) is 0 Å². The second-order valence-corrected chi connectivity index (χ2v) is 6.77. The molecule has 2 aromatic rings. The van der Waals surface area contributed by atoms with Crippen molar-refractivity contribution in [3.63, 3.8) is 0 Å². The van der Waals surface area contributed by atoms with E-state index in [1.54, 1.807) is 57.2 Å². The minimum absolute atomic E-state index is 0.245. The number of hydrazone groups is 1. The number of amides is 2. The average molecular weight is 418 g/mol. The molecule has 0 bridgehead atoms. The summed E-state index contributed by atoms with van der Waals surface area (Å²) in [5.74, 6) is -0.544. The van der Waals surface area contributed by atoms with Crippen LogP contribution in [0.25, 0.3) is 0 Å². The third-order valence-corrected chi connectivity index (χ3v) is 4.45. The first-order valence-corrected chi connectivity index (χ1v) is 8.77. The number of nitrogens with one attached hydrogen (secondary N) is 2. The second kappa shape index (κ2) is 8.62. The zero-order chi connectivity index (χ0) is 19.3. The molecule has 0 fully saturated rings. The summed E-state index contributed by atoms with van der Waals surface area (Å²) in [7, 11) is 0. The molecule has 6 nitrogen and oxygen atoms in total. The van der Waals surface area contributed by atoms with Crippen LogP contribution in [0.3, 0.4) is 0 Å². The SMILES string of the molecule is Cc1cc(C=NNC(=O)C(C)NC(=O)c2ccccc2Br)cc(C)c1O. The van der Waals surface area contributed by atoms with Crippen molar-refractivity contribution in [1.29, 1.82) is 0 Å². The molecular formula is C19H20BrN3O3. The normalized spacial score (nSPS) is 12.0. The lowest BCUT2D eigenvalue weighted by molar-refractivity contribution is -0.122. The molecule has 0 aliphatic rings. The monoisotopic (exact) mass is 417 g/mol. The Morgan fingerprint density at radius 1 is 1.19 bits per heavy atom. The first kappa shape index (κ1) is 19.7. The van der Waals surface area contributed by atoms with Crippen LogP contribution in [0.5, 0.6) is 5.75 Å². The molecule has 2 rings (SSSR count). The Morgan fingerprint density at radius 2 is 1.81 bits per heavy atom. The van der Waals surface area contributed by atoms with Gasteiger partial charge in [-0.2, -0.15) is 5.10 Å². The molecule has 26 heavy (non-hydrogen) atoms. The van der Waals surface area contributed by atoms with Crippen LogP contribution in [0, 0.1) is 13.8 Å². The third-order valence-electron chi connectivity index (χ3n) is 3.76. The van der Waals surface area contributed by atoms with Crippen molar-refractivity contribution in [2.75, 3.05) is 0 Å². The number of phenols is 1. The van der Waals surface area contributed by atoms with E-state index in [0.29, 0.717) is 10.0 Å². The van der Waals surface area contributed by atoms with Gasteiger partial charge >= 0.3 is 0 Å². The maximum absolute atomic E-state index is 12.2. The van der Waals surface area contributed by atoms with E-state index in [2.05, 4.69) is 31.8 Å². The molecule has 0 aromatic heterocycles. The van der Waals surface area contributed by atoms with E-state index in [4.69, 9.17) is 0 Å². The molecule has 136 valence electrons. The van der Waals surface area contributed by atoms with Crippen LogP contribution in [0.4, 0.5) is 0 Å². The standard InChI is InChI=1S/C19H20BrN3O3/c1-11-8-14(9-12(2)17(11)24)10-21-23-18(25)13(3)22-19(26)15-6-4-5-7-16(15)20/h4-10,13,24H,1-3H3,(H,22,26)(H,23,25). The van der Waals surface area contributed by atoms with Crippen molar-refractivity contribution in [1.82, 2.24) is 10.7 Å². The largest absolute Gasteiger partial charge is 0.507 e. The number of aryl methyl sites for hydroxylation is 2. The lowest BCUT2D eigenvalue weighted by Crippen LogP contribution is -2.43. The van der Waals surface area contributed by atoms with Crippen LogP contribution in [0.2, 0.25) is 0 Å². The zero-order valence-electron chi connectivity index (χ0n) is 14.7. The highest BCUT2D eigenvalue weighted by Crippen LogP contribution is 2.22. The Balaban J connectivity index is 1.95. The molecule has 1 atom stereocenters. The van der Waals surface area contributed by atoms with E-state index in [-0.39, 0.29) is 11.7 Å². The quantitative estimate of drug-likeness (QED) is 0.515. The number of benzene rings is 2. The van der Waals surface area contributed by atoms with Crippen molar-refractivity contribution in [3.8, 4) is 5.75 Å². The van der Waals surface area contributed by atoms with Crippen molar-refractivity contribution in [2.24, 2.45) is 5.10 Å². The number of hydrogen-bond acceptors (Lipinski definition) is 4. The molecule has 1 unspecified atom stereocenters. The zero-order valence-corrected chi connectivity index (χ0v) is 16.3. The van der Waals surface area contributed by atoms with E-state index in [1.807, 2.05) is 0 Å². The Hall–Kier alpha value is -2.67. The maximum atomic E-state index is 12.2. The predicted octanol–water partition coefficient (Wildman–Crippen LogP) is 3.04. The second-order valence-electron chi connectivity index (χ2n) is 5.91. The first-order valence-electron chi connectivity index (χ1n) is 7.98. The summed E-state index contributed by atoms with van der Waals surface area (Å²) >= 11 is 3.31. The van der Waals surface area contributed by atoms with E-state index in [9.17, 15) is 14.7 Å². The fourth-order valence-electron chi connectivity index (χ4n) is 2.32. The first-order chi connectivity index (χ1) is 12.3. The maximum Gasteiger partial charge on any atom is 0.262 e. The number of halogens is 1. The van der Waals surface area contributed by atoms with Crippen LogP contribution in [0.1, 0.15) is 34.0 Å². The molecule has 0 aliphatic carbocycles. The highest BCUT2D eigenvalue weighted by atomic mass is 79.9. The molecule has 0 spiro atoms. The smallest absolute Gasteiger partial charge is 0.262 e.